The summed E-state index contributed by atoms with van der Waals surface area (Å²) in [5, 5.41) is 2.59. The molecule has 1 N–H and O–H groups in total. The number of carbonyl (C=O) groups excluding carboxylic acids is 2. The number of likely N-dealkylation sites (N-methyl/N-ethyl adjacent to an activating group) is 1. The SMILES string of the molecule is CCC(C(=O)NC)N(Cc1cccc(C)c1)C(=O)CN(c1ccc(F)cc1)S(=O)(=O)c1ccccc1. The number of hydrogen-bond donors (Lipinski definition) is 1. The molecule has 0 heterocycles. The predicted octanol–water partition coefficient (Wildman–Crippen LogP) is 3.88. The number of halogens is 1. The van der Waals surface area contributed by atoms with Crippen LogP contribution in [0, 0.1) is 12.7 Å². The van der Waals surface area contributed by atoms with Crippen LogP contribution in [0.25, 0.3) is 0 Å². The first-order valence-electron chi connectivity index (χ1n) is 11.6. The van der Waals surface area contributed by atoms with Crippen molar-refractivity contribution in [2.75, 3.05) is 17.9 Å². The van der Waals surface area contributed by atoms with Gasteiger partial charge in [-0.05, 0) is 55.3 Å². The first kappa shape index (κ1) is 26.9. The summed E-state index contributed by atoms with van der Waals surface area (Å²) in [6, 6.07) is 19.3. The molecule has 0 aliphatic carbocycles. The molecule has 0 fully saturated rings. The summed E-state index contributed by atoms with van der Waals surface area (Å²) < 4.78 is 41.8. The highest BCUT2D eigenvalue weighted by Gasteiger charge is 2.33. The van der Waals surface area contributed by atoms with Gasteiger partial charge in [0.2, 0.25) is 11.8 Å². The highest BCUT2D eigenvalue weighted by molar-refractivity contribution is 7.92. The maximum absolute atomic E-state index is 13.7. The van der Waals surface area contributed by atoms with E-state index in [1.807, 2.05) is 31.2 Å². The molecule has 0 saturated carbocycles. The molecule has 0 saturated heterocycles. The lowest BCUT2D eigenvalue weighted by atomic mass is 10.1. The molecule has 7 nitrogen and oxygen atoms in total. The van der Waals surface area contributed by atoms with E-state index in [1.54, 1.807) is 25.1 Å². The first-order valence-corrected chi connectivity index (χ1v) is 13.0. The van der Waals surface area contributed by atoms with Gasteiger partial charge in [0.15, 0.2) is 0 Å². The molecule has 1 atom stereocenters. The fourth-order valence-corrected chi connectivity index (χ4v) is 5.38. The lowest BCUT2D eigenvalue weighted by molar-refractivity contribution is -0.140. The van der Waals surface area contributed by atoms with Crippen LogP contribution >= 0.6 is 0 Å². The minimum Gasteiger partial charge on any atom is -0.357 e. The third kappa shape index (κ3) is 6.28. The highest BCUT2D eigenvalue weighted by Crippen LogP contribution is 2.25. The minimum absolute atomic E-state index is 0.00861. The summed E-state index contributed by atoms with van der Waals surface area (Å²) in [6.45, 7) is 3.26. The normalized spacial score (nSPS) is 12.0. The topological polar surface area (TPSA) is 86.8 Å². The predicted molar refractivity (Wildman–Crippen MR) is 137 cm³/mol. The van der Waals surface area contributed by atoms with Crippen LogP contribution in [0.5, 0.6) is 0 Å². The molecule has 0 radical (unpaired) electrons. The van der Waals surface area contributed by atoms with Crippen LogP contribution in [-0.2, 0) is 26.2 Å². The van der Waals surface area contributed by atoms with Gasteiger partial charge in [0.25, 0.3) is 10.0 Å². The van der Waals surface area contributed by atoms with Crippen LogP contribution < -0.4 is 9.62 Å². The highest BCUT2D eigenvalue weighted by atomic mass is 32.2. The molecule has 3 rings (SSSR count). The van der Waals surface area contributed by atoms with Crippen LogP contribution in [-0.4, -0.2) is 44.8 Å². The van der Waals surface area contributed by atoms with E-state index in [0.29, 0.717) is 6.42 Å². The van der Waals surface area contributed by atoms with Crippen molar-refractivity contribution in [3.8, 4) is 0 Å². The Bertz CT molecular complexity index is 1300. The summed E-state index contributed by atoms with van der Waals surface area (Å²) in [4.78, 5) is 27.8. The lowest BCUT2D eigenvalue weighted by Gasteiger charge is -2.33. The van der Waals surface area contributed by atoms with Crippen LogP contribution in [0.2, 0.25) is 0 Å². The van der Waals surface area contributed by atoms with Gasteiger partial charge in [-0.3, -0.25) is 13.9 Å². The summed E-state index contributed by atoms with van der Waals surface area (Å²) in [5.41, 5.74) is 1.94. The Balaban J connectivity index is 2.04. The number of nitrogens with zero attached hydrogens (tertiary/aromatic N) is 2. The minimum atomic E-state index is -4.17. The smallest absolute Gasteiger partial charge is 0.264 e. The number of amides is 2. The number of carbonyl (C=O) groups is 2. The van der Waals surface area contributed by atoms with E-state index >= 15 is 0 Å². The van der Waals surface area contributed by atoms with Gasteiger partial charge in [-0.1, -0.05) is 55.0 Å². The zero-order valence-corrected chi connectivity index (χ0v) is 21.3. The van der Waals surface area contributed by atoms with Crippen molar-refractivity contribution in [2.45, 2.75) is 37.8 Å². The van der Waals surface area contributed by atoms with Crippen LogP contribution in [0.4, 0.5) is 10.1 Å². The molecule has 0 spiro atoms. The summed E-state index contributed by atoms with van der Waals surface area (Å²) in [7, 11) is -2.68. The van der Waals surface area contributed by atoms with E-state index in [1.165, 1.54) is 36.2 Å². The van der Waals surface area contributed by atoms with Crippen molar-refractivity contribution in [3.05, 3.63) is 95.8 Å². The fourth-order valence-electron chi connectivity index (χ4n) is 3.95. The Kier molecular flexibility index (Phi) is 8.82. The Morgan fingerprint density at radius 2 is 1.64 bits per heavy atom. The average molecular weight is 512 g/mol. The van der Waals surface area contributed by atoms with Crippen molar-refractivity contribution in [1.29, 1.82) is 0 Å². The van der Waals surface area contributed by atoms with Gasteiger partial charge in [-0.25, -0.2) is 12.8 Å². The number of rotatable bonds is 10. The zero-order valence-electron chi connectivity index (χ0n) is 20.5. The Hall–Kier alpha value is -3.72. The zero-order chi connectivity index (χ0) is 26.3. The molecular formula is C27H30FN3O4S. The number of nitrogens with one attached hydrogen (secondary N) is 1. The van der Waals surface area contributed by atoms with Crippen molar-refractivity contribution in [2.24, 2.45) is 0 Å². The second kappa shape index (κ2) is 11.8. The Labute approximate surface area is 211 Å². The van der Waals surface area contributed by atoms with Crippen molar-refractivity contribution < 1.29 is 22.4 Å². The molecule has 190 valence electrons. The summed E-state index contributed by atoms with van der Waals surface area (Å²) in [5.74, 6) is -1.44. The second-order valence-electron chi connectivity index (χ2n) is 8.35. The monoisotopic (exact) mass is 511 g/mol. The van der Waals surface area contributed by atoms with E-state index in [0.717, 1.165) is 27.6 Å². The second-order valence-corrected chi connectivity index (χ2v) is 10.2. The Morgan fingerprint density at radius 3 is 2.22 bits per heavy atom. The molecule has 0 aromatic heterocycles. The third-order valence-corrected chi connectivity index (χ3v) is 7.58. The quantitative estimate of drug-likeness (QED) is 0.448. The number of sulfonamides is 1. The van der Waals surface area contributed by atoms with Crippen molar-refractivity contribution >= 4 is 27.5 Å². The standard InChI is InChI=1S/C27H30FN3O4S/c1-4-25(27(33)29-3)30(18-21-10-8-9-20(2)17-21)26(32)19-31(23-15-13-22(28)14-16-23)36(34,35)24-11-6-5-7-12-24/h5-17,25H,4,18-19H2,1-3H3,(H,29,33). The van der Waals surface area contributed by atoms with Crippen molar-refractivity contribution in [3.63, 3.8) is 0 Å². The molecule has 0 bridgehead atoms. The Morgan fingerprint density at radius 1 is 0.972 bits per heavy atom. The average Bonchev–Trinajstić information content (AvgIpc) is 2.88. The maximum Gasteiger partial charge on any atom is 0.264 e. The van der Waals surface area contributed by atoms with Crippen LogP contribution in [0.1, 0.15) is 24.5 Å². The fraction of sp³-hybridized carbons (Fsp3) is 0.259. The molecule has 2 amide bonds. The van der Waals surface area contributed by atoms with Gasteiger partial charge in [0.05, 0.1) is 10.6 Å². The summed E-state index contributed by atoms with van der Waals surface area (Å²) >= 11 is 0. The van der Waals surface area contributed by atoms with Gasteiger partial charge < -0.3 is 10.2 Å². The van der Waals surface area contributed by atoms with E-state index in [4.69, 9.17) is 0 Å². The lowest BCUT2D eigenvalue weighted by Crippen LogP contribution is -2.51. The third-order valence-electron chi connectivity index (χ3n) is 5.79. The van der Waals surface area contributed by atoms with Gasteiger partial charge in [0, 0.05) is 13.6 Å². The number of benzene rings is 3. The molecule has 1 unspecified atom stereocenters. The largest absolute Gasteiger partial charge is 0.357 e. The van der Waals surface area contributed by atoms with Gasteiger partial charge in [0.1, 0.15) is 18.4 Å². The number of aryl methyl sites for hydroxylation is 1. The number of anilines is 1. The molecule has 9 heteroatoms. The molecule has 3 aromatic carbocycles. The van der Waals surface area contributed by atoms with Crippen LogP contribution in [0.15, 0.2) is 83.8 Å². The molecule has 0 aliphatic rings. The van der Waals surface area contributed by atoms with Gasteiger partial charge in [-0.15, -0.1) is 0 Å². The molecule has 3 aromatic rings. The molecule has 0 aliphatic heterocycles. The maximum atomic E-state index is 13.7. The van der Waals surface area contributed by atoms with Gasteiger partial charge in [-0.2, -0.15) is 0 Å². The van der Waals surface area contributed by atoms with Crippen molar-refractivity contribution in [1.82, 2.24) is 10.2 Å². The van der Waals surface area contributed by atoms with E-state index < -0.39 is 34.3 Å². The van der Waals surface area contributed by atoms with E-state index in [2.05, 4.69) is 5.32 Å². The van der Waals surface area contributed by atoms with Gasteiger partial charge >= 0.3 is 0 Å². The van der Waals surface area contributed by atoms with Crippen LogP contribution in [0.3, 0.4) is 0 Å². The molecular weight excluding hydrogens is 481 g/mol. The van der Waals surface area contributed by atoms with E-state index in [9.17, 15) is 22.4 Å². The molecule has 36 heavy (non-hydrogen) atoms. The number of hydrogen-bond acceptors (Lipinski definition) is 4. The van der Waals surface area contributed by atoms with E-state index in [-0.39, 0.29) is 23.0 Å². The summed E-state index contributed by atoms with van der Waals surface area (Å²) in [6.07, 6.45) is 0.333. The first-order chi connectivity index (χ1) is 17.2.